The van der Waals surface area contributed by atoms with Gasteiger partial charge in [-0.25, -0.2) is 4.98 Å². The number of hydrogen-bond donors (Lipinski definition) is 0. The molecule has 2 atom stereocenters. The largest absolute Gasteiger partial charge is 0.383 e. The zero-order valence-electron chi connectivity index (χ0n) is 17.7. The van der Waals surface area contributed by atoms with Crippen molar-refractivity contribution in [1.82, 2.24) is 9.55 Å². The average molecular weight is 426 g/mol. The molecule has 158 valence electrons. The second-order valence-electron chi connectivity index (χ2n) is 7.07. The third-order valence-corrected chi connectivity index (χ3v) is 5.96. The lowest BCUT2D eigenvalue weighted by atomic mass is 10.2. The van der Waals surface area contributed by atoms with E-state index in [9.17, 15) is 9.59 Å². The first-order valence-corrected chi connectivity index (χ1v) is 10.9. The van der Waals surface area contributed by atoms with Gasteiger partial charge in [-0.3, -0.25) is 14.2 Å². The Morgan fingerprint density at radius 3 is 2.47 bits per heavy atom. The van der Waals surface area contributed by atoms with Gasteiger partial charge in [0.2, 0.25) is 5.91 Å². The maximum absolute atomic E-state index is 13.2. The average Bonchev–Trinajstić information content (AvgIpc) is 2.75. The molecule has 7 heteroatoms. The third-order valence-electron chi connectivity index (χ3n) is 4.90. The Bertz CT molecular complexity index is 1070. The van der Waals surface area contributed by atoms with Gasteiger partial charge in [0.05, 0.1) is 28.8 Å². The number of thioether (sulfide) groups is 1. The van der Waals surface area contributed by atoms with Crippen LogP contribution in [0.4, 0.5) is 5.69 Å². The molecule has 0 N–H and O–H groups in total. The molecule has 0 radical (unpaired) electrons. The van der Waals surface area contributed by atoms with Gasteiger partial charge in [-0.05, 0) is 45.0 Å². The van der Waals surface area contributed by atoms with Crippen LogP contribution in [0.25, 0.3) is 10.9 Å². The molecular formula is C23H27N3O3S. The number of carbonyl (C=O) groups is 1. The Hall–Kier alpha value is -2.64. The van der Waals surface area contributed by atoms with Crippen LogP contribution in [0.2, 0.25) is 0 Å². The maximum Gasteiger partial charge on any atom is 0.262 e. The van der Waals surface area contributed by atoms with Gasteiger partial charge >= 0.3 is 0 Å². The molecule has 0 fully saturated rings. The van der Waals surface area contributed by atoms with Crippen LogP contribution in [0.3, 0.4) is 0 Å². The van der Waals surface area contributed by atoms with E-state index in [0.29, 0.717) is 29.2 Å². The fraction of sp³-hybridized carbons (Fsp3) is 0.348. The molecule has 0 saturated heterocycles. The molecule has 0 bridgehead atoms. The number of carbonyl (C=O) groups excluding carboxylic acids is 1. The minimum Gasteiger partial charge on any atom is -0.383 e. The summed E-state index contributed by atoms with van der Waals surface area (Å²) in [5.41, 5.74) is 1.36. The molecule has 2 unspecified atom stereocenters. The van der Waals surface area contributed by atoms with Crippen molar-refractivity contribution in [2.75, 3.05) is 25.2 Å². The molecule has 30 heavy (non-hydrogen) atoms. The zero-order valence-corrected chi connectivity index (χ0v) is 18.6. The first-order valence-electron chi connectivity index (χ1n) is 10.0. The van der Waals surface area contributed by atoms with E-state index in [0.717, 1.165) is 5.69 Å². The highest BCUT2D eigenvalue weighted by atomic mass is 32.2. The van der Waals surface area contributed by atoms with Gasteiger partial charge in [-0.2, -0.15) is 0 Å². The summed E-state index contributed by atoms with van der Waals surface area (Å²) in [6.07, 6.45) is 0. The van der Waals surface area contributed by atoms with Gasteiger partial charge in [-0.1, -0.05) is 42.1 Å². The number of fused-ring (bicyclic) bond motifs is 1. The summed E-state index contributed by atoms with van der Waals surface area (Å²) in [5, 5.41) is 0.663. The first kappa shape index (κ1) is 22.1. The Morgan fingerprint density at radius 2 is 1.80 bits per heavy atom. The fourth-order valence-electron chi connectivity index (χ4n) is 3.41. The summed E-state index contributed by atoms with van der Waals surface area (Å²) in [4.78, 5) is 32.9. The second-order valence-corrected chi connectivity index (χ2v) is 8.38. The number of methoxy groups -OCH3 is 1. The number of ether oxygens (including phenoxy) is 1. The monoisotopic (exact) mass is 425 g/mol. The van der Waals surface area contributed by atoms with Gasteiger partial charge in [0, 0.05) is 19.3 Å². The topological polar surface area (TPSA) is 64.4 Å². The smallest absolute Gasteiger partial charge is 0.262 e. The highest BCUT2D eigenvalue weighted by Gasteiger charge is 2.25. The van der Waals surface area contributed by atoms with Crippen LogP contribution < -0.4 is 10.5 Å². The van der Waals surface area contributed by atoms with Crippen molar-refractivity contribution in [2.45, 2.75) is 37.2 Å². The van der Waals surface area contributed by atoms with E-state index in [4.69, 9.17) is 9.72 Å². The van der Waals surface area contributed by atoms with Gasteiger partial charge in [-0.15, -0.1) is 0 Å². The lowest BCUT2D eigenvalue weighted by Crippen LogP contribution is -2.37. The molecule has 3 aromatic rings. The van der Waals surface area contributed by atoms with E-state index in [2.05, 4.69) is 0 Å². The van der Waals surface area contributed by atoms with Crippen LogP contribution in [0.1, 0.15) is 26.8 Å². The number of aromatic nitrogens is 2. The SMILES string of the molecule is CCN(C(=O)C(C)Sc1nc2ccccc2c(=O)n1C(C)COC)c1ccccc1. The van der Waals surface area contributed by atoms with Crippen molar-refractivity contribution < 1.29 is 9.53 Å². The van der Waals surface area contributed by atoms with Crippen LogP contribution in [-0.4, -0.2) is 41.0 Å². The summed E-state index contributed by atoms with van der Waals surface area (Å²) >= 11 is 1.30. The van der Waals surface area contributed by atoms with E-state index in [1.165, 1.54) is 11.8 Å². The van der Waals surface area contributed by atoms with Crippen LogP contribution in [0.15, 0.2) is 64.5 Å². The molecule has 1 heterocycles. The molecule has 0 aliphatic carbocycles. The Labute approximate surface area is 180 Å². The lowest BCUT2D eigenvalue weighted by Gasteiger charge is -2.25. The zero-order chi connectivity index (χ0) is 21.7. The van der Waals surface area contributed by atoms with Gasteiger partial charge in [0.15, 0.2) is 5.16 Å². The number of hydrogen-bond acceptors (Lipinski definition) is 5. The second kappa shape index (κ2) is 9.91. The van der Waals surface area contributed by atoms with Crippen LogP contribution in [0.5, 0.6) is 0 Å². The molecule has 3 rings (SSSR count). The van der Waals surface area contributed by atoms with E-state index in [-0.39, 0.29) is 17.5 Å². The predicted octanol–water partition coefficient (Wildman–Crippen LogP) is 4.14. The Morgan fingerprint density at radius 1 is 1.13 bits per heavy atom. The standard InChI is InChI=1S/C23H27N3O3S/c1-5-25(18-11-7-6-8-12-18)21(27)17(3)30-23-24-20-14-10-9-13-19(20)22(28)26(23)16(2)15-29-4/h6-14,16-17H,5,15H2,1-4H3. The van der Waals surface area contributed by atoms with Crippen molar-refractivity contribution in [1.29, 1.82) is 0 Å². The molecule has 0 aliphatic heterocycles. The predicted molar refractivity (Wildman–Crippen MR) is 122 cm³/mol. The van der Waals surface area contributed by atoms with Gasteiger partial charge < -0.3 is 9.64 Å². The Kier molecular flexibility index (Phi) is 7.29. The summed E-state index contributed by atoms with van der Waals surface area (Å²) in [6.45, 7) is 6.66. The molecule has 1 aromatic heterocycles. The molecule has 6 nitrogen and oxygen atoms in total. The molecule has 0 spiro atoms. The number of anilines is 1. The quantitative estimate of drug-likeness (QED) is 0.401. The first-order chi connectivity index (χ1) is 14.5. The van der Waals surface area contributed by atoms with Crippen molar-refractivity contribution >= 4 is 34.3 Å². The van der Waals surface area contributed by atoms with Crippen LogP contribution >= 0.6 is 11.8 Å². The molecule has 1 amide bonds. The van der Waals surface area contributed by atoms with Crippen molar-refractivity contribution in [3.8, 4) is 0 Å². The summed E-state index contributed by atoms with van der Waals surface area (Å²) in [7, 11) is 1.61. The highest BCUT2D eigenvalue weighted by Crippen LogP contribution is 2.27. The minimum atomic E-state index is -0.417. The molecule has 0 saturated carbocycles. The fourth-order valence-corrected chi connectivity index (χ4v) is 4.49. The van der Waals surface area contributed by atoms with Crippen LogP contribution in [-0.2, 0) is 9.53 Å². The minimum absolute atomic E-state index is 0.0259. The van der Waals surface area contributed by atoms with Crippen molar-refractivity contribution in [3.05, 3.63) is 65.0 Å². The number of rotatable bonds is 8. The van der Waals surface area contributed by atoms with Crippen molar-refractivity contribution in [3.63, 3.8) is 0 Å². The number of para-hydroxylation sites is 2. The number of nitrogens with zero attached hydrogens (tertiary/aromatic N) is 3. The highest BCUT2D eigenvalue weighted by molar-refractivity contribution is 8.00. The maximum atomic E-state index is 13.2. The number of amides is 1. The molecule has 0 aliphatic rings. The summed E-state index contributed by atoms with van der Waals surface area (Å²) in [5.74, 6) is -0.0259. The van der Waals surface area contributed by atoms with E-state index < -0.39 is 5.25 Å². The van der Waals surface area contributed by atoms with Gasteiger partial charge in [0.1, 0.15) is 0 Å². The van der Waals surface area contributed by atoms with E-state index in [1.807, 2.05) is 69.3 Å². The lowest BCUT2D eigenvalue weighted by molar-refractivity contribution is -0.117. The van der Waals surface area contributed by atoms with E-state index in [1.54, 1.807) is 22.6 Å². The summed E-state index contributed by atoms with van der Waals surface area (Å²) < 4.78 is 6.91. The Balaban J connectivity index is 1.98. The third kappa shape index (κ3) is 4.57. The molecule has 2 aromatic carbocycles. The molecular weight excluding hydrogens is 398 g/mol. The summed E-state index contributed by atoms with van der Waals surface area (Å²) in [6, 6.07) is 16.7. The normalized spacial score (nSPS) is 13.2. The van der Waals surface area contributed by atoms with E-state index >= 15 is 0 Å². The van der Waals surface area contributed by atoms with Crippen LogP contribution in [0, 0.1) is 0 Å². The van der Waals surface area contributed by atoms with Gasteiger partial charge in [0.25, 0.3) is 5.56 Å². The van der Waals surface area contributed by atoms with Crippen molar-refractivity contribution in [2.24, 2.45) is 0 Å². The number of benzene rings is 2.